The Labute approximate surface area is 69.5 Å². The zero-order chi connectivity index (χ0) is 8.27. The van der Waals surface area contributed by atoms with E-state index in [2.05, 4.69) is 11.6 Å². The highest BCUT2D eigenvalue weighted by Gasteiger charge is 2.00. The highest BCUT2D eigenvalue weighted by atomic mass is 35.5. The molecule has 0 atom stereocenters. The third-order valence-corrected chi connectivity index (χ3v) is 1.38. The third kappa shape index (κ3) is 1.88. The van der Waals surface area contributed by atoms with E-state index in [1.807, 2.05) is 0 Å². The second-order valence-electron chi connectivity index (χ2n) is 1.96. The summed E-state index contributed by atoms with van der Waals surface area (Å²) in [6.07, 6.45) is 4.16. The largest absolute Gasteiger partial charge is 0.289 e. The average molecular weight is 168 g/mol. The molecule has 0 aliphatic carbocycles. The molecule has 1 heterocycles. The van der Waals surface area contributed by atoms with Crippen LogP contribution in [0.5, 0.6) is 0 Å². The normalized spacial score (nSPS) is 9.18. The molecule has 0 unspecified atom stereocenters. The van der Waals surface area contributed by atoms with Gasteiger partial charge in [-0.3, -0.25) is 9.78 Å². The molecule has 0 aliphatic heterocycles. The van der Waals surface area contributed by atoms with Gasteiger partial charge in [0.15, 0.2) is 5.78 Å². The molecule has 56 valence electrons. The second-order valence-corrected chi connectivity index (χ2v) is 2.40. The molecule has 0 bridgehead atoms. The zero-order valence-corrected chi connectivity index (χ0v) is 6.51. The van der Waals surface area contributed by atoms with Crippen LogP contribution in [0.1, 0.15) is 10.4 Å². The molecule has 0 aromatic carbocycles. The van der Waals surface area contributed by atoms with Crippen LogP contribution in [0.3, 0.4) is 0 Å². The monoisotopic (exact) mass is 167 g/mol. The summed E-state index contributed by atoms with van der Waals surface area (Å²) in [5.41, 5.74) is 0.465. The Balaban J connectivity index is 3.05. The van der Waals surface area contributed by atoms with Crippen molar-refractivity contribution in [1.82, 2.24) is 4.98 Å². The van der Waals surface area contributed by atoms with Crippen molar-refractivity contribution in [3.05, 3.63) is 41.7 Å². The van der Waals surface area contributed by atoms with Crippen LogP contribution in [0.15, 0.2) is 31.1 Å². The number of hydrogen-bond donors (Lipinski definition) is 0. The van der Waals surface area contributed by atoms with Crippen molar-refractivity contribution in [3.63, 3.8) is 0 Å². The topological polar surface area (TPSA) is 30.0 Å². The minimum Gasteiger partial charge on any atom is -0.289 e. The average Bonchev–Trinajstić information content (AvgIpc) is 2.03. The molecule has 0 saturated heterocycles. The van der Waals surface area contributed by atoms with Gasteiger partial charge in [0.2, 0.25) is 0 Å². The van der Waals surface area contributed by atoms with E-state index < -0.39 is 0 Å². The molecular formula is C8H6ClNO. The molecule has 11 heavy (non-hydrogen) atoms. The third-order valence-electron chi connectivity index (χ3n) is 1.17. The number of carbonyl (C=O) groups excluding carboxylic acids is 1. The highest BCUT2D eigenvalue weighted by Crippen LogP contribution is 2.08. The van der Waals surface area contributed by atoms with Gasteiger partial charge in [0.05, 0.1) is 5.02 Å². The van der Waals surface area contributed by atoms with Crippen molar-refractivity contribution >= 4 is 17.4 Å². The first-order chi connectivity index (χ1) is 5.24. The predicted octanol–water partition coefficient (Wildman–Crippen LogP) is 2.10. The first-order valence-electron chi connectivity index (χ1n) is 3.01. The number of allylic oxidation sites excluding steroid dienone is 1. The van der Waals surface area contributed by atoms with Crippen LogP contribution >= 0.6 is 11.6 Å². The maximum absolute atomic E-state index is 10.9. The van der Waals surface area contributed by atoms with Crippen molar-refractivity contribution in [3.8, 4) is 0 Å². The van der Waals surface area contributed by atoms with Crippen molar-refractivity contribution in [2.24, 2.45) is 0 Å². The Morgan fingerprint density at radius 3 is 2.91 bits per heavy atom. The maximum Gasteiger partial charge on any atom is 0.186 e. The minimum atomic E-state index is -0.167. The van der Waals surface area contributed by atoms with Crippen molar-refractivity contribution in [1.29, 1.82) is 0 Å². The molecule has 3 heteroatoms. The van der Waals surface area contributed by atoms with Crippen LogP contribution in [-0.4, -0.2) is 10.8 Å². The Hall–Kier alpha value is -1.15. The molecule has 0 saturated carbocycles. The fourth-order valence-electron chi connectivity index (χ4n) is 0.664. The second kappa shape index (κ2) is 3.30. The fourth-order valence-corrected chi connectivity index (χ4v) is 0.838. The van der Waals surface area contributed by atoms with Crippen LogP contribution in [0.25, 0.3) is 0 Å². The summed E-state index contributed by atoms with van der Waals surface area (Å²) < 4.78 is 0. The number of nitrogens with zero attached hydrogens (tertiary/aromatic N) is 1. The van der Waals surface area contributed by atoms with Crippen LogP contribution < -0.4 is 0 Å². The summed E-state index contributed by atoms with van der Waals surface area (Å²) in [5.74, 6) is -0.167. The molecule has 1 rings (SSSR count). The lowest BCUT2D eigenvalue weighted by atomic mass is 10.2. The van der Waals surface area contributed by atoms with E-state index in [9.17, 15) is 4.79 Å². The standard InChI is InChI=1S/C8H6ClNO/c1-2-8(11)6-3-7(9)5-10-4-6/h2-5H,1H2. The van der Waals surface area contributed by atoms with Gasteiger partial charge in [0.25, 0.3) is 0 Å². The molecule has 0 radical (unpaired) electrons. The first-order valence-corrected chi connectivity index (χ1v) is 3.39. The number of hydrogen-bond acceptors (Lipinski definition) is 2. The van der Waals surface area contributed by atoms with Gasteiger partial charge in [-0.2, -0.15) is 0 Å². The number of ketones is 1. The van der Waals surface area contributed by atoms with Crippen molar-refractivity contribution in [2.75, 3.05) is 0 Å². The summed E-state index contributed by atoms with van der Waals surface area (Å²) in [6, 6.07) is 1.55. The van der Waals surface area contributed by atoms with E-state index in [4.69, 9.17) is 11.6 Å². The Bertz CT molecular complexity index is 296. The van der Waals surface area contributed by atoms with Crippen LogP contribution in [0, 0.1) is 0 Å². The maximum atomic E-state index is 10.9. The van der Waals surface area contributed by atoms with Crippen molar-refractivity contribution in [2.45, 2.75) is 0 Å². The Morgan fingerprint density at radius 2 is 2.36 bits per heavy atom. The highest BCUT2D eigenvalue weighted by molar-refractivity contribution is 6.30. The van der Waals surface area contributed by atoms with Crippen molar-refractivity contribution < 1.29 is 4.79 Å². The molecule has 0 spiro atoms. The number of halogens is 1. The zero-order valence-electron chi connectivity index (χ0n) is 5.75. The molecule has 2 nitrogen and oxygen atoms in total. The van der Waals surface area contributed by atoms with Gasteiger partial charge < -0.3 is 0 Å². The predicted molar refractivity (Wildman–Crippen MR) is 43.8 cm³/mol. The molecule has 1 aromatic heterocycles. The summed E-state index contributed by atoms with van der Waals surface area (Å²) in [7, 11) is 0. The van der Waals surface area contributed by atoms with E-state index >= 15 is 0 Å². The molecule has 0 amide bonds. The molecule has 0 N–H and O–H groups in total. The van der Waals surface area contributed by atoms with Gasteiger partial charge in [-0.05, 0) is 12.1 Å². The smallest absolute Gasteiger partial charge is 0.186 e. The van der Waals surface area contributed by atoms with Gasteiger partial charge in [-0.15, -0.1) is 0 Å². The van der Waals surface area contributed by atoms with Crippen LogP contribution in [0.4, 0.5) is 0 Å². The van der Waals surface area contributed by atoms with Gasteiger partial charge in [0.1, 0.15) is 0 Å². The van der Waals surface area contributed by atoms with Gasteiger partial charge >= 0.3 is 0 Å². The van der Waals surface area contributed by atoms with E-state index in [1.165, 1.54) is 18.5 Å². The van der Waals surface area contributed by atoms with Crippen LogP contribution in [0.2, 0.25) is 5.02 Å². The first kappa shape index (κ1) is 7.95. The summed E-state index contributed by atoms with van der Waals surface area (Å²) in [6.45, 7) is 3.35. The quantitative estimate of drug-likeness (QED) is 0.499. The lowest BCUT2D eigenvalue weighted by molar-refractivity contribution is 0.104. The van der Waals surface area contributed by atoms with E-state index in [-0.39, 0.29) is 5.78 Å². The van der Waals surface area contributed by atoms with Crippen LogP contribution in [-0.2, 0) is 0 Å². The number of aromatic nitrogens is 1. The van der Waals surface area contributed by atoms with E-state index in [0.717, 1.165) is 0 Å². The SMILES string of the molecule is C=CC(=O)c1cncc(Cl)c1. The Kier molecular flexibility index (Phi) is 2.39. The Morgan fingerprint density at radius 1 is 1.64 bits per heavy atom. The lowest BCUT2D eigenvalue weighted by Gasteiger charge is -1.93. The van der Waals surface area contributed by atoms with E-state index in [0.29, 0.717) is 10.6 Å². The molecular weight excluding hydrogens is 162 g/mol. The summed E-state index contributed by atoms with van der Waals surface area (Å²) >= 11 is 5.60. The number of pyridine rings is 1. The lowest BCUT2D eigenvalue weighted by Crippen LogP contribution is -1.93. The van der Waals surface area contributed by atoms with Gasteiger partial charge in [-0.1, -0.05) is 18.2 Å². The molecule has 0 fully saturated rings. The number of carbonyl (C=O) groups is 1. The minimum absolute atomic E-state index is 0.167. The van der Waals surface area contributed by atoms with Gasteiger partial charge in [-0.25, -0.2) is 0 Å². The van der Waals surface area contributed by atoms with E-state index in [1.54, 1.807) is 6.07 Å². The molecule has 0 aliphatic rings. The fraction of sp³-hybridized carbons (Fsp3) is 0. The molecule has 1 aromatic rings. The number of rotatable bonds is 2. The summed E-state index contributed by atoms with van der Waals surface area (Å²) in [4.78, 5) is 14.7. The summed E-state index contributed by atoms with van der Waals surface area (Å²) in [5, 5.41) is 0.456. The van der Waals surface area contributed by atoms with Gasteiger partial charge in [0, 0.05) is 18.0 Å².